The summed E-state index contributed by atoms with van der Waals surface area (Å²) in [5.41, 5.74) is 2.32. The number of allylic oxidation sites excluding steroid dienone is 4. The maximum atomic E-state index is 3.37. The lowest BCUT2D eigenvalue weighted by Crippen LogP contribution is -2.19. The van der Waals surface area contributed by atoms with Gasteiger partial charge in [-0.1, -0.05) is 35.8 Å². The van der Waals surface area contributed by atoms with Crippen molar-refractivity contribution in [3.8, 4) is 23.7 Å². The van der Waals surface area contributed by atoms with Gasteiger partial charge in [-0.3, -0.25) is 4.90 Å². The van der Waals surface area contributed by atoms with Gasteiger partial charge in [0.25, 0.3) is 0 Å². The molecule has 2 aliphatic heterocycles. The molecule has 122 valence electrons. The van der Waals surface area contributed by atoms with Crippen LogP contribution in [0.15, 0.2) is 23.3 Å². The first-order valence-electron chi connectivity index (χ1n) is 9.25. The van der Waals surface area contributed by atoms with Gasteiger partial charge in [0, 0.05) is 24.1 Å². The predicted molar refractivity (Wildman–Crippen MR) is 96.9 cm³/mol. The molecule has 0 aromatic carbocycles. The van der Waals surface area contributed by atoms with Crippen molar-refractivity contribution in [3.63, 3.8) is 0 Å². The van der Waals surface area contributed by atoms with Crippen molar-refractivity contribution < 1.29 is 0 Å². The minimum atomic E-state index is 0.910. The third kappa shape index (κ3) is 5.28. The Morgan fingerprint density at radius 1 is 0.739 bits per heavy atom. The van der Waals surface area contributed by atoms with Crippen molar-refractivity contribution in [1.29, 1.82) is 0 Å². The van der Waals surface area contributed by atoms with Crippen molar-refractivity contribution in [2.75, 3.05) is 39.3 Å². The molecule has 0 spiro atoms. The summed E-state index contributed by atoms with van der Waals surface area (Å²) >= 11 is 0. The number of likely N-dealkylation sites (tertiary alicyclic amines) is 2. The van der Waals surface area contributed by atoms with Crippen LogP contribution < -0.4 is 0 Å². The Balaban J connectivity index is 1.49. The molecule has 2 nitrogen and oxygen atoms in total. The van der Waals surface area contributed by atoms with Crippen LogP contribution in [0, 0.1) is 23.7 Å². The van der Waals surface area contributed by atoms with E-state index in [1.807, 2.05) is 0 Å². The van der Waals surface area contributed by atoms with E-state index in [9.17, 15) is 0 Å². The fraction of sp³-hybridized carbons (Fsp3) is 0.619. The Bertz CT molecular complexity index is 564. The molecule has 0 bridgehead atoms. The quantitative estimate of drug-likeness (QED) is 0.739. The van der Waals surface area contributed by atoms with Gasteiger partial charge in [-0.15, -0.1) is 0 Å². The molecule has 3 rings (SSSR count). The topological polar surface area (TPSA) is 6.48 Å². The number of hydrogen-bond acceptors (Lipinski definition) is 2. The molecule has 0 atom stereocenters. The van der Waals surface area contributed by atoms with Gasteiger partial charge in [0.05, 0.1) is 6.54 Å². The summed E-state index contributed by atoms with van der Waals surface area (Å²) in [5.74, 6) is 13.5. The highest BCUT2D eigenvalue weighted by atomic mass is 15.1. The standard InChI is InChI=1S/C21H28N2/c1-2-11-21(13-9-19-23-17-7-8-18-23)20(10-1)12-3-4-14-22-15-5-6-16-22/h10-11H,1-2,4-8,14-19H2. The Morgan fingerprint density at radius 3 is 1.96 bits per heavy atom. The highest BCUT2D eigenvalue weighted by molar-refractivity contribution is 5.56. The second kappa shape index (κ2) is 8.97. The SMILES string of the molecule is C(#CC1=CCCC=C1C#CCN1CCCC1)CCN1CCCC1. The lowest BCUT2D eigenvalue weighted by atomic mass is 9.98. The van der Waals surface area contributed by atoms with Crippen LogP contribution in [0.4, 0.5) is 0 Å². The first-order valence-corrected chi connectivity index (χ1v) is 9.25. The zero-order valence-electron chi connectivity index (χ0n) is 14.2. The maximum absolute atomic E-state index is 3.37. The van der Waals surface area contributed by atoms with Gasteiger partial charge in [0.2, 0.25) is 0 Å². The van der Waals surface area contributed by atoms with Gasteiger partial charge in [-0.05, 0) is 64.7 Å². The summed E-state index contributed by atoms with van der Waals surface area (Å²) in [6, 6.07) is 0. The van der Waals surface area contributed by atoms with E-state index >= 15 is 0 Å². The Labute approximate surface area is 141 Å². The highest BCUT2D eigenvalue weighted by Gasteiger charge is 2.10. The first-order chi connectivity index (χ1) is 11.4. The smallest absolute Gasteiger partial charge is 0.0605 e. The number of hydrogen-bond donors (Lipinski definition) is 0. The van der Waals surface area contributed by atoms with Gasteiger partial charge in [-0.2, -0.15) is 0 Å². The zero-order valence-corrected chi connectivity index (χ0v) is 14.2. The third-order valence-corrected chi connectivity index (χ3v) is 4.85. The molecular weight excluding hydrogens is 280 g/mol. The van der Waals surface area contributed by atoms with Gasteiger partial charge in [0.1, 0.15) is 0 Å². The van der Waals surface area contributed by atoms with E-state index in [0.717, 1.165) is 43.5 Å². The number of rotatable bonds is 3. The van der Waals surface area contributed by atoms with Crippen LogP contribution in [-0.2, 0) is 0 Å². The number of nitrogens with zero attached hydrogens (tertiary/aromatic N) is 2. The van der Waals surface area contributed by atoms with Crippen LogP contribution in [0.1, 0.15) is 44.9 Å². The molecule has 0 N–H and O–H groups in total. The summed E-state index contributed by atoms with van der Waals surface area (Å²) in [4.78, 5) is 4.97. The van der Waals surface area contributed by atoms with Crippen LogP contribution in [0.3, 0.4) is 0 Å². The van der Waals surface area contributed by atoms with Crippen molar-refractivity contribution in [1.82, 2.24) is 9.80 Å². The molecule has 0 amide bonds. The molecule has 0 unspecified atom stereocenters. The summed E-state index contributed by atoms with van der Waals surface area (Å²) in [7, 11) is 0. The average molecular weight is 308 g/mol. The molecule has 0 aromatic heterocycles. The van der Waals surface area contributed by atoms with Gasteiger partial charge >= 0.3 is 0 Å². The van der Waals surface area contributed by atoms with Crippen LogP contribution >= 0.6 is 0 Å². The molecule has 2 heteroatoms. The largest absolute Gasteiger partial charge is 0.302 e. The molecule has 0 saturated carbocycles. The second-order valence-electron chi connectivity index (χ2n) is 6.70. The third-order valence-electron chi connectivity index (χ3n) is 4.85. The Kier molecular flexibility index (Phi) is 6.39. The maximum Gasteiger partial charge on any atom is 0.0605 e. The first kappa shape index (κ1) is 16.4. The Morgan fingerprint density at radius 2 is 1.30 bits per heavy atom. The molecule has 1 aliphatic carbocycles. The molecule has 2 heterocycles. The van der Waals surface area contributed by atoms with Crippen LogP contribution in [-0.4, -0.2) is 49.1 Å². The van der Waals surface area contributed by atoms with Gasteiger partial charge in [0.15, 0.2) is 0 Å². The summed E-state index contributed by atoms with van der Waals surface area (Å²) in [6.45, 7) is 6.99. The fourth-order valence-electron chi connectivity index (χ4n) is 3.48. The highest BCUT2D eigenvalue weighted by Crippen LogP contribution is 2.17. The minimum absolute atomic E-state index is 0.910. The second-order valence-corrected chi connectivity index (χ2v) is 6.70. The molecule has 0 aromatic rings. The predicted octanol–water partition coefficient (Wildman–Crippen LogP) is 3.22. The van der Waals surface area contributed by atoms with Crippen LogP contribution in [0.5, 0.6) is 0 Å². The monoisotopic (exact) mass is 308 g/mol. The molecule has 0 radical (unpaired) electrons. The van der Waals surface area contributed by atoms with E-state index in [0.29, 0.717) is 0 Å². The van der Waals surface area contributed by atoms with E-state index < -0.39 is 0 Å². The van der Waals surface area contributed by atoms with E-state index in [2.05, 4.69) is 45.6 Å². The van der Waals surface area contributed by atoms with Gasteiger partial charge < -0.3 is 4.90 Å². The van der Waals surface area contributed by atoms with Crippen LogP contribution in [0.25, 0.3) is 0 Å². The zero-order chi connectivity index (χ0) is 15.7. The van der Waals surface area contributed by atoms with Crippen LogP contribution in [0.2, 0.25) is 0 Å². The molecule has 2 fully saturated rings. The fourth-order valence-corrected chi connectivity index (χ4v) is 3.48. The van der Waals surface area contributed by atoms with Crippen molar-refractivity contribution in [2.24, 2.45) is 0 Å². The molecule has 23 heavy (non-hydrogen) atoms. The Hall–Kier alpha value is -1.48. The summed E-state index contributed by atoms with van der Waals surface area (Å²) in [6.07, 6.45) is 13.1. The normalized spacial score (nSPS) is 21.9. The summed E-state index contributed by atoms with van der Waals surface area (Å²) in [5, 5.41) is 0. The molecule has 2 saturated heterocycles. The van der Waals surface area contributed by atoms with E-state index in [1.54, 1.807) is 0 Å². The lowest BCUT2D eigenvalue weighted by Gasteiger charge is -2.11. The van der Waals surface area contributed by atoms with Crippen molar-refractivity contribution in [3.05, 3.63) is 23.3 Å². The molecule has 3 aliphatic rings. The van der Waals surface area contributed by atoms with Crippen molar-refractivity contribution in [2.45, 2.75) is 44.9 Å². The van der Waals surface area contributed by atoms with E-state index in [-0.39, 0.29) is 0 Å². The van der Waals surface area contributed by atoms with Gasteiger partial charge in [-0.25, -0.2) is 0 Å². The molecular formula is C21H28N2. The van der Waals surface area contributed by atoms with E-state index in [4.69, 9.17) is 0 Å². The minimum Gasteiger partial charge on any atom is -0.302 e. The van der Waals surface area contributed by atoms with E-state index in [1.165, 1.54) is 51.9 Å². The average Bonchev–Trinajstić information content (AvgIpc) is 3.26. The summed E-state index contributed by atoms with van der Waals surface area (Å²) < 4.78 is 0. The lowest BCUT2D eigenvalue weighted by molar-refractivity contribution is 0.348. The van der Waals surface area contributed by atoms with Crippen molar-refractivity contribution >= 4 is 0 Å².